The molecular formula is C11H19NO3. The molecule has 1 aliphatic carbocycles. The Hall–Kier alpha value is -0.870. The lowest BCUT2D eigenvalue weighted by atomic mass is 9.87. The summed E-state index contributed by atoms with van der Waals surface area (Å²) in [7, 11) is 0. The number of hydrogen-bond acceptors (Lipinski definition) is 3. The molecule has 4 heteroatoms. The van der Waals surface area contributed by atoms with Crippen molar-refractivity contribution < 1.29 is 15.0 Å². The van der Waals surface area contributed by atoms with Crippen LogP contribution in [0.25, 0.3) is 0 Å². The van der Waals surface area contributed by atoms with Crippen LogP contribution in [0.2, 0.25) is 0 Å². The Bertz CT molecular complexity index is 232. The highest BCUT2D eigenvalue weighted by Gasteiger charge is 2.32. The van der Waals surface area contributed by atoms with Gasteiger partial charge in [-0.3, -0.25) is 0 Å². The molecule has 86 valence electrons. The minimum absolute atomic E-state index is 0.0388. The van der Waals surface area contributed by atoms with Crippen LogP contribution in [0.5, 0.6) is 0 Å². The highest BCUT2D eigenvalue weighted by Crippen LogP contribution is 2.36. The molecule has 0 aromatic heterocycles. The van der Waals surface area contributed by atoms with Crippen LogP contribution in [0.4, 0.5) is 0 Å². The van der Waals surface area contributed by atoms with E-state index in [2.05, 4.69) is 5.32 Å². The van der Waals surface area contributed by atoms with Crippen molar-refractivity contribution in [2.24, 2.45) is 5.41 Å². The third-order valence-electron chi connectivity index (χ3n) is 3.02. The van der Waals surface area contributed by atoms with Gasteiger partial charge in [0.2, 0.25) is 0 Å². The van der Waals surface area contributed by atoms with E-state index in [4.69, 9.17) is 5.11 Å². The molecule has 0 aromatic rings. The van der Waals surface area contributed by atoms with Crippen molar-refractivity contribution in [3.63, 3.8) is 0 Å². The van der Waals surface area contributed by atoms with E-state index in [9.17, 15) is 9.90 Å². The van der Waals surface area contributed by atoms with E-state index < -0.39 is 5.97 Å². The fourth-order valence-corrected chi connectivity index (χ4v) is 2.10. The first-order chi connectivity index (χ1) is 7.18. The molecule has 1 rings (SSSR count). The number of hydrogen-bond donors (Lipinski definition) is 3. The summed E-state index contributed by atoms with van der Waals surface area (Å²) in [5.74, 6) is -0.922. The quantitative estimate of drug-likeness (QED) is 0.450. The SMILES string of the molecule is O=C(O)/C=C/CNCC1(CO)CCCC1. The maximum Gasteiger partial charge on any atom is 0.328 e. The number of carbonyl (C=O) groups is 1. The van der Waals surface area contributed by atoms with Crippen LogP contribution >= 0.6 is 0 Å². The predicted octanol–water partition coefficient (Wildman–Crippen LogP) is 0.769. The monoisotopic (exact) mass is 213 g/mol. The topological polar surface area (TPSA) is 69.6 Å². The lowest BCUT2D eigenvalue weighted by molar-refractivity contribution is -0.131. The molecule has 0 aromatic carbocycles. The van der Waals surface area contributed by atoms with Crippen molar-refractivity contribution in [3.05, 3.63) is 12.2 Å². The third-order valence-corrected chi connectivity index (χ3v) is 3.02. The number of rotatable bonds is 6. The molecule has 1 aliphatic rings. The number of aliphatic hydroxyl groups excluding tert-OH is 1. The minimum atomic E-state index is -0.922. The van der Waals surface area contributed by atoms with Gasteiger partial charge in [0, 0.05) is 31.2 Å². The van der Waals surface area contributed by atoms with Gasteiger partial charge in [-0.25, -0.2) is 4.79 Å². The Morgan fingerprint density at radius 2 is 2.07 bits per heavy atom. The van der Waals surface area contributed by atoms with Crippen molar-refractivity contribution >= 4 is 5.97 Å². The van der Waals surface area contributed by atoms with Crippen molar-refractivity contribution in [3.8, 4) is 0 Å². The van der Waals surface area contributed by atoms with Crippen LogP contribution < -0.4 is 5.32 Å². The third kappa shape index (κ3) is 4.01. The summed E-state index contributed by atoms with van der Waals surface area (Å²) < 4.78 is 0. The first kappa shape index (κ1) is 12.2. The Morgan fingerprint density at radius 3 is 2.60 bits per heavy atom. The van der Waals surface area contributed by atoms with E-state index in [1.807, 2.05) is 0 Å². The van der Waals surface area contributed by atoms with E-state index in [1.54, 1.807) is 6.08 Å². The van der Waals surface area contributed by atoms with Crippen molar-refractivity contribution in [1.82, 2.24) is 5.32 Å². The number of aliphatic carboxylic acids is 1. The summed E-state index contributed by atoms with van der Waals surface area (Å²) in [5.41, 5.74) is 0.0388. The van der Waals surface area contributed by atoms with Crippen LogP contribution in [-0.4, -0.2) is 35.9 Å². The van der Waals surface area contributed by atoms with Crippen molar-refractivity contribution in [1.29, 1.82) is 0 Å². The van der Waals surface area contributed by atoms with Crippen molar-refractivity contribution in [2.45, 2.75) is 25.7 Å². The largest absolute Gasteiger partial charge is 0.478 e. The average Bonchev–Trinajstić information content (AvgIpc) is 2.66. The first-order valence-corrected chi connectivity index (χ1v) is 5.40. The summed E-state index contributed by atoms with van der Waals surface area (Å²) in [5, 5.41) is 20.8. The fourth-order valence-electron chi connectivity index (χ4n) is 2.10. The van der Waals surface area contributed by atoms with Gasteiger partial charge in [0.15, 0.2) is 0 Å². The van der Waals surface area contributed by atoms with Gasteiger partial charge in [0.25, 0.3) is 0 Å². The maximum atomic E-state index is 10.2. The van der Waals surface area contributed by atoms with Crippen LogP contribution in [0.15, 0.2) is 12.2 Å². The molecule has 1 saturated carbocycles. The summed E-state index contributed by atoms with van der Waals surface area (Å²) in [6.07, 6.45) is 7.23. The predicted molar refractivity (Wildman–Crippen MR) is 57.6 cm³/mol. The molecule has 15 heavy (non-hydrogen) atoms. The highest BCUT2D eigenvalue weighted by molar-refractivity contribution is 5.79. The van der Waals surface area contributed by atoms with E-state index in [-0.39, 0.29) is 12.0 Å². The van der Waals surface area contributed by atoms with Crippen LogP contribution in [-0.2, 0) is 4.79 Å². The fraction of sp³-hybridized carbons (Fsp3) is 0.727. The Morgan fingerprint density at radius 1 is 1.40 bits per heavy atom. The molecule has 0 amide bonds. The summed E-state index contributed by atoms with van der Waals surface area (Å²) in [6.45, 7) is 1.55. The summed E-state index contributed by atoms with van der Waals surface area (Å²) in [4.78, 5) is 10.2. The standard InChI is InChI=1S/C11H19NO3/c13-9-11(5-1-2-6-11)8-12-7-3-4-10(14)15/h3-4,12-13H,1-2,5-9H2,(H,14,15)/b4-3+. The second-order valence-electron chi connectivity index (χ2n) is 4.24. The smallest absolute Gasteiger partial charge is 0.328 e. The average molecular weight is 213 g/mol. The van der Waals surface area contributed by atoms with Gasteiger partial charge in [-0.1, -0.05) is 18.9 Å². The molecule has 0 aliphatic heterocycles. The number of carboxylic acid groups (broad SMARTS) is 1. The lowest BCUT2D eigenvalue weighted by Crippen LogP contribution is -2.35. The molecule has 0 atom stereocenters. The molecule has 4 nitrogen and oxygen atoms in total. The van der Waals surface area contributed by atoms with Crippen LogP contribution in [0, 0.1) is 5.41 Å². The zero-order valence-corrected chi connectivity index (χ0v) is 8.91. The first-order valence-electron chi connectivity index (χ1n) is 5.40. The van der Waals surface area contributed by atoms with Gasteiger partial charge in [-0.05, 0) is 12.8 Å². The summed E-state index contributed by atoms with van der Waals surface area (Å²) in [6, 6.07) is 0. The molecule has 0 bridgehead atoms. The molecule has 0 unspecified atom stereocenters. The molecule has 0 saturated heterocycles. The molecule has 0 radical (unpaired) electrons. The Labute approximate surface area is 90.0 Å². The maximum absolute atomic E-state index is 10.2. The van der Waals surface area contributed by atoms with Crippen LogP contribution in [0.1, 0.15) is 25.7 Å². The minimum Gasteiger partial charge on any atom is -0.478 e. The normalized spacial score (nSPS) is 19.8. The highest BCUT2D eigenvalue weighted by atomic mass is 16.4. The van der Waals surface area contributed by atoms with Gasteiger partial charge in [-0.2, -0.15) is 0 Å². The second-order valence-corrected chi connectivity index (χ2v) is 4.24. The number of carboxylic acids is 1. The molecule has 0 heterocycles. The van der Waals surface area contributed by atoms with Gasteiger partial charge < -0.3 is 15.5 Å². The number of nitrogens with one attached hydrogen (secondary N) is 1. The van der Waals surface area contributed by atoms with Gasteiger partial charge >= 0.3 is 5.97 Å². The molecular weight excluding hydrogens is 194 g/mol. The zero-order chi connectivity index (χ0) is 11.1. The molecule has 0 spiro atoms. The number of aliphatic hydroxyl groups is 1. The lowest BCUT2D eigenvalue weighted by Gasteiger charge is -2.26. The zero-order valence-electron chi connectivity index (χ0n) is 8.91. The molecule has 1 fully saturated rings. The van der Waals surface area contributed by atoms with Gasteiger partial charge in [0.1, 0.15) is 0 Å². The van der Waals surface area contributed by atoms with E-state index >= 15 is 0 Å². The van der Waals surface area contributed by atoms with E-state index in [0.29, 0.717) is 6.54 Å². The van der Waals surface area contributed by atoms with Crippen LogP contribution in [0.3, 0.4) is 0 Å². The van der Waals surface area contributed by atoms with E-state index in [1.165, 1.54) is 12.8 Å². The van der Waals surface area contributed by atoms with Gasteiger partial charge in [-0.15, -0.1) is 0 Å². The van der Waals surface area contributed by atoms with Crippen molar-refractivity contribution in [2.75, 3.05) is 19.7 Å². The molecule has 3 N–H and O–H groups in total. The Kier molecular flexibility index (Phi) is 4.78. The summed E-state index contributed by atoms with van der Waals surface area (Å²) >= 11 is 0. The Balaban J connectivity index is 2.20. The second kappa shape index (κ2) is 5.88. The van der Waals surface area contributed by atoms with Gasteiger partial charge in [0.05, 0.1) is 0 Å². The van der Waals surface area contributed by atoms with E-state index in [0.717, 1.165) is 25.5 Å².